The zero-order valence-electron chi connectivity index (χ0n) is 12.7. The lowest BCUT2D eigenvalue weighted by molar-refractivity contribution is -0.121. The van der Waals surface area contributed by atoms with Gasteiger partial charge >= 0.3 is 0 Å². The first kappa shape index (κ1) is 16.4. The summed E-state index contributed by atoms with van der Waals surface area (Å²) in [7, 11) is 1.64. The smallest absolute Gasteiger partial charge is 0.234 e. The van der Waals surface area contributed by atoms with E-state index in [9.17, 15) is 4.79 Å². The molecule has 19 heavy (non-hydrogen) atoms. The molecule has 0 aromatic heterocycles. The maximum atomic E-state index is 11.6. The Labute approximate surface area is 117 Å². The number of nitrogens with zero attached hydrogens (tertiary/aromatic N) is 1. The van der Waals surface area contributed by atoms with Crippen LogP contribution < -0.4 is 10.6 Å². The highest BCUT2D eigenvalue weighted by molar-refractivity contribution is 5.78. The van der Waals surface area contributed by atoms with E-state index in [0.29, 0.717) is 25.1 Å². The Kier molecular flexibility index (Phi) is 7.34. The summed E-state index contributed by atoms with van der Waals surface area (Å²) in [6.07, 6.45) is 1.23. The molecular formula is C14H29N3O2. The first-order valence-electron chi connectivity index (χ1n) is 7.26. The van der Waals surface area contributed by atoms with E-state index < -0.39 is 0 Å². The van der Waals surface area contributed by atoms with Gasteiger partial charge in [-0.25, -0.2) is 0 Å². The predicted molar refractivity (Wildman–Crippen MR) is 77.2 cm³/mol. The maximum Gasteiger partial charge on any atom is 0.234 e. The van der Waals surface area contributed by atoms with Crippen LogP contribution in [0.3, 0.4) is 0 Å². The molecule has 1 aliphatic rings. The fraction of sp³-hybridized carbons (Fsp3) is 0.929. The Morgan fingerprint density at radius 1 is 1.42 bits per heavy atom. The highest BCUT2D eigenvalue weighted by atomic mass is 16.5. The zero-order chi connectivity index (χ0) is 14.3. The van der Waals surface area contributed by atoms with Crippen molar-refractivity contribution in [1.29, 1.82) is 0 Å². The van der Waals surface area contributed by atoms with Gasteiger partial charge in [-0.2, -0.15) is 0 Å². The number of ether oxygens (including phenoxy) is 1. The highest BCUT2D eigenvalue weighted by Gasteiger charge is 2.23. The van der Waals surface area contributed by atoms with Gasteiger partial charge in [0.1, 0.15) is 0 Å². The van der Waals surface area contributed by atoms with Crippen LogP contribution in [-0.2, 0) is 9.53 Å². The lowest BCUT2D eigenvalue weighted by Gasteiger charge is -2.20. The number of carbonyl (C=O) groups excluding carboxylic acids is 1. The van der Waals surface area contributed by atoms with Crippen LogP contribution in [-0.4, -0.2) is 62.8 Å². The Morgan fingerprint density at radius 3 is 2.74 bits per heavy atom. The maximum absolute atomic E-state index is 11.6. The molecule has 0 aromatic rings. The quantitative estimate of drug-likeness (QED) is 0.673. The fourth-order valence-electron chi connectivity index (χ4n) is 2.51. The van der Waals surface area contributed by atoms with Gasteiger partial charge in [0.2, 0.25) is 5.91 Å². The van der Waals surface area contributed by atoms with Crippen LogP contribution in [0.2, 0.25) is 0 Å². The lowest BCUT2D eigenvalue weighted by Crippen LogP contribution is -2.42. The molecule has 0 saturated carbocycles. The summed E-state index contributed by atoms with van der Waals surface area (Å²) in [4.78, 5) is 14.1. The summed E-state index contributed by atoms with van der Waals surface area (Å²) in [5.74, 6) is 0.717. The second-order valence-corrected chi connectivity index (χ2v) is 5.80. The number of hydrogen-bond acceptors (Lipinski definition) is 4. The number of carbonyl (C=O) groups is 1. The minimum atomic E-state index is 0.0447. The van der Waals surface area contributed by atoms with E-state index in [1.165, 1.54) is 13.0 Å². The number of amides is 1. The summed E-state index contributed by atoms with van der Waals surface area (Å²) in [5.41, 5.74) is 0. The summed E-state index contributed by atoms with van der Waals surface area (Å²) in [6, 6.07) is 0.699. The number of nitrogens with one attached hydrogen (secondary N) is 2. The van der Waals surface area contributed by atoms with Gasteiger partial charge in [0.15, 0.2) is 0 Å². The van der Waals surface area contributed by atoms with Crippen LogP contribution in [0, 0.1) is 5.92 Å². The van der Waals surface area contributed by atoms with Gasteiger partial charge in [-0.1, -0.05) is 0 Å². The Hall–Kier alpha value is -0.650. The molecule has 1 rings (SSSR count). The number of hydrogen-bond donors (Lipinski definition) is 2. The largest absolute Gasteiger partial charge is 0.383 e. The van der Waals surface area contributed by atoms with E-state index in [4.69, 9.17) is 4.74 Å². The molecule has 0 bridgehead atoms. The molecule has 1 saturated heterocycles. The molecule has 0 aliphatic carbocycles. The molecule has 2 atom stereocenters. The molecule has 0 aromatic carbocycles. The standard InChI is InChI=1S/C14H29N3O2/c1-11(2)17-6-5-13(9-17)7-15-8-14(18)16-12(3)10-19-4/h11-13,15H,5-10H2,1-4H3,(H,16,18). The third-order valence-electron chi connectivity index (χ3n) is 3.59. The van der Waals surface area contributed by atoms with E-state index in [1.54, 1.807) is 7.11 Å². The Balaban J connectivity index is 2.09. The molecule has 1 aliphatic heterocycles. The number of rotatable bonds is 8. The van der Waals surface area contributed by atoms with Crippen molar-refractivity contribution in [3.8, 4) is 0 Å². The van der Waals surface area contributed by atoms with Gasteiger partial charge in [-0.15, -0.1) is 0 Å². The molecule has 1 fully saturated rings. The first-order valence-corrected chi connectivity index (χ1v) is 7.26. The molecular weight excluding hydrogens is 242 g/mol. The topological polar surface area (TPSA) is 53.6 Å². The second-order valence-electron chi connectivity index (χ2n) is 5.80. The van der Waals surface area contributed by atoms with Gasteiger partial charge in [-0.3, -0.25) is 4.79 Å². The third-order valence-corrected chi connectivity index (χ3v) is 3.59. The van der Waals surface area contributed by atoms with E-state index in [0.717, 1.165) is 13.1 Å². The molecule has 112 valence electrons. The van der Waals surface area contributed by atoms with Crippen molar-refractivity contribution in [2.24, 2.45) is 5.92 Å². The molecule has 1 heterocycles. The van der Waals surface area contributed by atoms with Gasteiger partial charge in [-0.05, 0) is 46.2 Å². The van der Waals surface area contributed by atoms with Crippen LogP contribution in [0.4, 0.5) is 0 Å². The van der Waals surface area contributed by atoms with Crippen LogP contribution >= 0.6 is 0 Å². The van der Waals surface area contributed by atoms with Gasteiger partial charge in [0.05, 0.1) is 13.2 Å². The zero-order valence-corrected chi connectivity index (χ0v) is 12.7. The van der Waals surface area contributed by atoms with Crippen LogP contribution in [0.5, 0.6) is 0 Å². The summed E-state index contributed by atoms with van der Waals surface area (Å²) >= 11 is 0. The molecule has 2 unspecified atom stereocenters. The van der Waals surface area contributed by atoms with Crippen molar-refractivity contribution >= 4 is 5.91 Å². The van der Waals surface area contributed by atoms with Crippen LogP contribution in [0.15, 0.2) is 0 Å². The van der Waals surface area contributed by atoms with Crippen molar-refractivity contribution in [3.63, 3.8) is 0 Å². The van der Waals surface area contributed by atoms with Crippen LogP contribution in [0.25, 0.3) is 0 Å². The summed E-state index contributed by atoms with van der Waals surface area (Å²) in [6.45, 7) is 10.6. The first-order chi connectivity index (χ1) is 9.02. The summed E-state index contributed by atoms with van der Waals surface area (Å²) < 4.78 is 4.98. The Morgan fingerprint density at radius 2 is 2.16 bits per heavy atom. The lowest BCUT2D eigenvalue weighted by atomic mass is 10.1. The predicted octanol–water partition coefficient (Wildman–Crippen LogP) is 0.457. The normalized spacial score (nSPS) is 21.8. The molecule has 0 radical (unpaired) electrons. The van der Waals surface area contributed by atoms with Crippen molar-refractivity contribution in [3.05, 3.63) is 0 Å². The highest BCUT2D eigenvalue weighted by Crippen LogP contribution is 2.17. The van der Waals surface area contributed by atoms with Crippen molar-refractivity contribution < 1.29 is 9.53 Å². The molecule has 5 nitrogen and oxygen atoms in total. The number of likely N-dealkylation sites (tertiary alicyclic amines) is 1. The monoisotopic (exact) mass is 271 g/mol. The minimum absolute atomic E-state index is 0.0447. The second kappa shape index (κ2) is 8.51. The minimum Gasteiger partial charge on any atom is -0.383 e. The van der Waals surface area contributed by atoms with E-state index >= 15 is 0 Å². The average molecular weight is 271 g/mol. The van der Waals surface area contributed by atoms with Crippen molar-refractivity contribution in [1.82, 2.24) is 15.5 Å². The average Bonchev–Trinajstić information content (AvgIpc) is 2.78. The summed E-state index contributed by atoms with van der Waals surface area (Å²) in [5, 5.41) is 6.15. The van der Waals surface area contributed by atoms with Gasteiger partial charge in [0, 0.05) is 25.7 Å². The van der Waals surface area contributed by atoms with E-state index in [-0.39, 0.29) is 11.9 Å². The van der Waals surface area contributed by atoms with Crippen molar-refractivity contribution in [2.45, 2.75) is 39.3 Å². The van der Waals surface area contributed by atoms with Crippen LogP contribution in [0.1, 0.15) is 27.2 Å². The molecule has 1 amide bonds. The van der Waals surface area contributed by atoms with E-state index in [1.807, 2.05) is 6.92 Å². The fourth-order valence-corrected chi connectivity index (χ4v) is 2.51. The number of methoxy groups -OCH3 is 1. The van der Waals surface area contributed by atoms with Crippen molar-refractivity contribution in [2.75, 3.05) is 39.9 Å². The molecule has 2 N–H and O–H groups in total. The Bertz CT molecular complexity index is 271. The molecule has 0 spiro atoms. The molecule has 5 heteroatoms. The van der Waals surface area contributed by atoms with Gasteiger partial charge in [0.25, 0.3) is 0 Å². The SMILES string of the molecule is COCC(C)NC(=O)CNCC1CCN(C(C)C)C1. The van der Waals surface area contributed by atoms with E-state index in [2.05, 4.69) is 29.4 Å². The third kappa shape index (κ3) is 6.36. The van der Waals surface area contributed by atoms with Gasteiger partial charge < -0.3 is 20.3 Å².